The van der Waals surface area contributed by atoms with Gasteiger partial charge in [0.25, 0.3) is 5.91 Å². The van der Waals surface area contributed by atoms with Crippen molar-refractivity contribution < 1.29 is 14.6 Å². The number of nitrogens with zero attached hydrogens (tertiary/aromatic N) is 3. The maximum absolute atomic E-state index is 13.4. The highest BCUT2D eigenvalue weighted by Crippen LogP contribution is 2.37. The quantitative estimate of drug-likeness (QED) is 0.238. The molecule has 5 rings (SSSR count). The molecule has 38 heavy (non-hydrogen) atoms. The molecule has 0 radical (unpaired) electrons. The van der Waals surface area contributed by atoms with E-state index in [9.17, 15) is 4.79 Å². The van der Waals surface area contributed by atoms with Gasteiger partial charge in [-0.1, -0.05) is 29.3 Å². The second kappa shape index (κ2) is 11.9. The Hall–Kier alpha value is -3.50. The molecule has 1 amide bonds. The predicted octanol–water partition coefficient (Wildman–Crippen LogP) is 4.60. The van der Waals surface area contributed by atoms with E-state index in [0.717, 1.165) is 25.1 Å². The lowest BCUT2D eigenvalue weighted by Crippen LogP contribution is -2.37. The number of ether oxygens (including phenoxy) is 1. The van der Waals surface area contributed by atoms with Gasteiger partial charge in [-0.15, -0.1) is 0 Å². The van der Waals surface area contributed by atoms with Gasteiger partial charge in [0.2, 0.25) is 5.95 Å². The zero-order valence-electron chi connectivity index (χ0n) is 20.4. The van der Waals surface area contributed by atoms with Gasteiger partial charge in [0.15, 0.2) is 5.65 Å². The van der Waals surface area contributed by atoms with Crippen LogP contribution in [0.3, 0.4) is 0 Å². The summed E-state index contributed by atoms with van der Waals surface area (Å²) in [5.41, 5.74) is 2.30. The fourth-order valence-corrected chi connectivity index (χ4v) is 4.90. The Morgan fingerprint density at radius 3 is 2.63 bits per heavy atom. The van der Waals surface area contributed by atoms with Crippen molar-refractivity contribution in [3.8, 4) is 16.9 Å². The van der Waals surface area contributed by atoms with Crippen LogP contribution in [-0.4, -0.2) is 58.3 Å². The summed E-state index contributed by atoms with van der Waals surface area (Å²) >= 11 is 13.0. The van der Waals surface area contributed by atoms with E-state index in [-0.39, 0.29) is 30.9 Å². The molecule has 1 aliphatic rings. The van der Waals surface area contributed by atoms with Crippen molar-refractivity contribution in [2.75, 3.05) is 31.6 Å². The third kappa shape index (κ3) is 5.97. The van der Waals surface area contributed by atoms with Gasteiger partial charge in [-0.05, 0) is 61.9 Å². The maximum atomic E-state index is 13.4. The molecule has 3 heterocycles. The first kappa shape index (κ1) is 26.1. The molecule has 0 unspecified atom stereocenters. The predicted molar refractivity (Wildman–Crippen MR) is 148 cm³/mol. The summed E-state index contributed by atoms with van der Waals surface area (Å²) in [6, 6.07) is 14.4. The van der Waals surface area contributed by atoms with Crippen LogP contribution in [0.5, 0.6) is 5.75 Å². The van der Waals surface area contributed by atoms with Crippen molar-refractivity contribution in [2.24, 2.45) is 0 Å². The molecule has 196 valence electrons. The number of aliphatic hydroxyl groups is 1. The summed E-state index contributed by atoms with van der Waals surface area (Å²) in [7, 11) is 0. The average Bonchev–Trinajstić information content (AvgIpc) is 3.45. The molecule has 11 heteroatoms. The summed E-state index contributed by atoms with van der Waals surface area (Å²) in [6.07, 6.45) is 3.72. The molecular formula is C27H26Cl2N6O3. The summed E-state index contributed by atoms with van der Waals surface area (Å²) in [5.74, 6) is 0.622. The zero-order chi connectivity index (χ0) is 26.5. The van der Waals surface area contributed by atoms with Gasteiger partial charge in [0.05, 0.1) is 6.61 Å². The number of nitrogens with one attached hydrogen (secondary N) is 3. The van der Waals surface area contributed by atoms with Crippen molar-refractivity contribution in [3.63, 3.8) is 0 Å². The van der Waals surface area contributed by atoms with Crippen molar-refractivity contribution in [3.05, 3.63) is 70.5 Å². The van der Waals surface area contributed by atoms with Crippen molar-refractivity contribution in [2.45, 2.75) is 18.9 Å². The monoisotopic (exact) mass is 552 g/mol. The molecule has 2 aromatic carbocycles. The Morgan fingerprint density at radius 1 is 1.13 bits per heavy atom. The van der Waals surface area contributed by atoms with Gasteiger partial charge >= 0.3 is 0 Å². The van der Waals surface area contributed by atoms with Crippen LogP contribution in [-0.2, 0) is 0 Å². The Labute approximate surface area is 229 Å². The number of halogens is 2. The fraction of sp³-hybridized carbons (Fsp3) is 0.259. The van der Waals surface area contributed by atoms with E-state index in [1.165, 1.54) is 0 Å². The molecule has 1 saturated heterocycles. The van der Waals surface area contributed by atoms with Crippen LogP contribution in [0.2, 0.25) is 10.0 Å². The maximum Gasteiger partial charge on any atom is 0.270 e. The van der Waals surface area contributed by atoms with Gasteiger partial charge in [-0.2, -0.15) is 4.98 Å². The number of hydrogen-bond donors (Lipinski definition) is 4. The highest BCUT2D eigenvalue weighted by Gasteiger charge is 2.22. The standard InChI is InChI=1S/C27H26Cl2N6O3/c28-21-4-1-5-22(29)23(21)20-13-16-14-32-27(33-17-6-8-19(9-7-17)38-12-11-36)35-25(16)34-24(20)26(37)31-15-18-3-2-10-30-18/h1,4-9,13-14,18,30,36H,2-3,10-12,15H2,(H,31,37)(H,32,33,34,35)/t18-/m1/s1. The van der Waals surface area contributed by atoms with E-state index in [1.54, 1.807) is 42.6 Å². The van der Waals surface area contributed by atoms with Gasteiger partial charge < -0.3 is 25.8 Å². The molecule has 4 aromatic rings. The van der Waals surface area contributed by atoms with Gasteiger partial charge in [0, 0.05) is 51.0 Å². The first-order valence-electron chi connectivity index (χ1n) is 12.3. The van der Waals surface area contributed by atoms with Crippen molar-refractivity contribution in [1.29, 1.82) is 0 Å². The Balaban J connectivity index is 1.48. The van der Waals surface area contributed by atoms with Gasteiger partial charge in [-0.3, -0.25) is 4.79 Å². The van der Waals surface area contributed by atoms with E-state index in [4.69, 9.17) is 33.0 Å². The Kier molecular flexibility index (Phi) is 8.19. The molecule has 4 N–H and O–H groups in total. The third-order valence-corrected chi connectivity index (χ3v) is 6.79. The van der Waals surface area contributed by atoms with Crippen LogP contribution in [0, 0.1) is 0 Å². The lowest BCUT2D eigenvalue weighted by Gasteiger charge is -2.15. The smallest absolute Gasteiger partial charge is 0.270 e. The average molecular weight is 553 g/mol. The lowest BCUT2D eigenvalue weighted by molar-refractivity contribution is 0.0946. The minimum Gasteiger partial charge on any atom is -0.491 e. The molecule has 0 saturated carbocycles. The van der Waals surface area contributed by atoms with Gasteiger partial charge in [0.1, 0.15) is 18.1 Å². The highest BCUT2D eigenvalue weighted by atomic mass is 35.5. The van der Waals surface area contributed by atoms with Crippen LogP contribution >= 0.6 is 23.2 Å². The fourth-order valence-electron chi connectivity index (χ4n) is 4.30. The number of carbonyl (C=O) groups excluding carboxylic acids is 1. The van der Waals surface area contributed by atoms with Crippen LogP contribution < -0.4 is 20.7 Å². The molecule has 0 bridgehead atoms. The number of pyridine rings is 1. The van der Waals surface area contributed by atoms with Crippen molar-refractivity contribution >= 4 is 51.8 Å². The SMILES string of the molecule is O=C(NC[C@H]1CCCN1)c1nc2nc(Nc3ccc(OCCO)cc3)ncc2cc1-c1c(Cl)cccc1Cl. The van der Waals surface area contributed by atoms with E-state index in [2.05, 4.69) is 30.9 Å². The molecule has 1 fully saturated rings. The number of hydrogen-bond acceptors (Lipinski definition) is 8. The minimum atomic E-state index is -0.335. The number of rotatable bonds is 9. The Bertz CT molecular complexity index is 1420. The summed E-state index contributed by atoms with van der Waals surface area (Å²) in [5, 5.41) is 19.9. The normalized spacial score (nSPS) is 15.0. The molecule has 1 aliphatic heterocycles. The summed E-state index contributed by atoms with van der Waals surface area (Å²) in [4.78, 5) is 27.0. The second-order valence-electron chi connectivity index (χ2n) is 8.81. The van der Waals surface area contributed by atoms with Crippen molar-refractivity contribution in [1.82, 2.24) is 25.6 Å². The molecule has 0 aliphatic carbocycles. The number of aliphatic hydroxyl groups excluding tert-OH is 1. The second-order valence-corrected chi connectivity index (χ2v) is 9.63. The number of amides is 1. The summed E-state index contributed by atoms with van der Waals surface area (Å²) in [6.45, 7) is 1.60. The number of fused-ring (bicyclic) bond motifs is 1. The molecule has 1 atom stereocenters. The first-order chi connectivity index (χ1) is 18.5. The summed E-state index contributed by atoms with van der Waals surface area (Å²) < 4.78 is 5.39. The van der Waals surface area contributed by atoms with Crippen LogP contribution in [0.25, 0.3) is 22.2 Å². The molecule has 0 spiro atoms. The topological polar surface area (TPSA) is 121 Å². The third-order valence-electron chi connectivity index (χ3n) is 6.16. The molecular weight excluding hydrogens is 527 g/mol. The first-order valence-corrected chi connectivity index (χ1v) is 13.0. The molecule has 2 aromatic heterocycles. The van der Waals surface area contributed by atoms with Gasteiger partial charge in [-0.25, -0.2) is 9.97 Å². The Morgan fingerprint density at radius 2 is 1.92 bits per heavy atom. The lowest BCUT2D eigenvalue weighted by atomic mass is 10.0. The largest absolute Gasteiger partial charge is 0.491 e. The highest BCUT2D eigenvalue weighted by molar-refractivity contribution is 6.39. The van der Waals surface area contributed by atoms with Crippen LogP contribution in [0.4, 0.5) is 11.6 Å². The van der Waals surface area contributed by atoms with Crippen LogP contribution in [0.15, 0.2) is 54.7 Å². The number of carbonyl (C=O) groups is 1. The van der Waals surface area contributed by atoms with E-state index in [0.29, 0.717) is 50.4 Å². The zero-order valence-corrected chi connectivity index (χ0v) is 21.9. The minimum absolute atomic E-state index is 0.0557. The van der Waals surface area contributed by atoms with E-state index in [1.807, 2.05) is 12.1 Å². The van der Waals surface area contributed by atoms with E-state index >= 15 is 0 Å². The van der Waals surface area contributed by atoms with Crippen LogP contribution in [0.1, 0.15) is 23.3 Å². The number of anilines is 2. The molecule has 9 nitrogen and oxygen atoms in total. The number of aromatic nitrogens is 3. The van der Waals surface area contributed by atoms with E-state index < -0.39 is 0 Å². The number of benzene rings is 2.